The van der Waals surface area contributed by atoms with Crippen molar-refractivity contribution in [1.29, 1.82) is 0 Å². The summed E-state index contributed by atoms with van der Waals surface area (Å²) in [5.74, 6) is -0.00217. The van der Waals surface area contributed by atoms with Gasteiger partial charge >= 0.3 is 5.76 Å². The molecule has 1 aromatic heterocycles. The van der Waals surface area contributed by atoms with Gasteiger partial charge in [0, 0.05) is 0 Å². The molecule has 0 atom stereocenters. The molecule has 0 aliphatic carbocycles. The van der Waals surface area contributed by atoms with Crippen molar-refractivity contribution in [3.05, 3.63) is 64.1 Å². The summed E-state index contributed by atoms with van der Waals surface area (Å²) >= 11 is 0. The summed E-state index contributed by atoms with van der Waals surface area (Å²) in [6, 6.07) is 13.0. The van der Waals surface area contributed by atoms with Crippen LogP contribution in [0.3, 0.4) is 0 Å². The van der Waals surface area contributed by atoms with Crippen molar-refractivity contribution < 1.29 is 13.9 Å². The third kappa shape index (κ3) is 3.91. The number of amides is 1. The molecule has 130 valence electrons. The molecule has 3 rings (SSSR count). The Kier molecular flexibility index (Phi) is 4.88. The van der Waals surface area contributed by atoms with Crippen LogP contribution >= 0.6 is 0 Å². The van der Waals surface area contributed by atoms with Gasteiger partial charge in [0.15, 0.2) is 5.58 Å². The number of aromatic nitrogens is 1. The average molecular weight is 340 g/mol. The first kappa shape index (κ1) is 16.8. The number of nitrogens with zero attached hydrogens (tertiary/aromatic N) is 1. The van der Waals surface area contributed by atoms with Crippen molar-refractivity contribution in [2.24, 2.45) is 0 Å². The number of rotatable bonds is 6. The van der Waals surface area contributed by atoms with Crippen molar-refractivity contribution in [3.63, 3.8) is 0 Å². The first-order valence-corrected chi connectivity index (χ1v) is 8.10. The lowest BCUT2D eigenvalue weighted by molar-refractivity contribution is -0.121. The Hall–Kier alpha value is -3.02. The highest BCUT2D eigenvalue weighted by Gasteiger charge is 2.11. The Balaban J connectivity index is 1.53. The van der Waals surface area contributed by atoms with E-state index in [0.717, 1.165) is 11.3 Å². The SMILES string of the molecule is Cc1ccc(OCCNC(=O)Cn2c(=O)oc3ccccc32)c(C)c1. The van der Waals surface area contributed by atoms with E-state index in [2.05, 4.69) is 5.32 Å². The minimum Gasteiger partial charge on any atom is -0.491 e. The monoisotopic (exact) mass is 340 g/mol. The van der Waals surface area contributed by atoms with E-state index in [1.165, 1.54) is 10.1 Å². The highest BCUT2D eigenvalue weighted by Crippen LogP contribution is 2.18. The van der Waals surface area contributed by atoms with Crippen LogP contribution in [0.5, 0.6) is 5.75 Å². The zero-order chi connectivity index (χ0) is 17.8. The molecule has 1 N–H and O–H groups in total. The van der Waals surface area contributed by atoms with Gasteiger partial charge in [0.25, 0.3) is 0 Å². The second kappa shape index (κ2) is 7.25. The molecule has 0 aliphatic heterocycles. The van der Waals surface area contributed by atoms with E-state index in [-0.39, 0.29) is 12.5 Å². The molecule has 0 radical (unpaired) electrons. The molecule has 0 fully saturated rings. The van der Waals surface area contributed by atoms with Crippen molar-refractivity contribution in [3.8, 4) is 5.75 Å². The van der Waals surface area contributed by atoms with Gasteiger partial charge in [-0.1, -0.05) is 29.8 Å². The van der Waals surface area contributed by atoms with Crippen molar-refractivity contribution >= 4 is 17.0 Å². The maximum atomic E-state index is 12.1. The van der Waals surface area contributed by atoms with Crippen LogP contribution in [0.2, 0.25) is 0 Å². The molecule has 0 spiro atoms. The van der Waals surface area contributed by atoms with Gasteiger partial charge in [0.05, 0.1) is 12.1 Å². The molecule has 0 bridgehead atoms. The lowest BCUT2D eigenvalue weighted by atomic mass is 10.1. The molecule has 6 nitrogen and oxygen atoms in total. The molecule has 6 heteroatoms. The largest absolute Gasteiger partial charge is 0.491 e. The van der Waals surface area contributed by atoms with Gasteiger partial charge < -0.3 is 14.5 Å². The minimum absolute atomic E-state index is 0.0839. The van der Waals surface area contributed by atoms with Crippen LogP contribution in [0.15, 0.2) is 51.7 Å². The second-order valence-electron chi connectivity index (χ2n) is 5.89. The van der Waals surface area contributed by atoms with Crippen LogP contribution in [0.4, 0.5) is 0 Å². The molecule has 1 amide bonds. The third-order valence-electron chi connectivity index (χ3n) is 3.89. The standard InChI is InChI=1S/C19H20N2O4/c1-13-7-8-16(14(2)11-13)24-10-9-20-18(22)12-21-15-5-3-4-6-17(15)25-19(21)23/h3-8,11H,9-10,12H2,1-2H3,(H,20,22). The van der Waals surface area contributed by atoms with E-state index in [1.807, 2.05) is 32.0 Å². The zero-order valence-corrected chi connectivity index (χ0v) is 14.2. The number of carbonyl (C=O) groups is 1. The van der Waals surface area contributed by atoms with E-state index in [1.54, 1.807) is 24.3 Å². The van der Waals surface area contributed by atoms with Gasteiger partial charge in [-0.2, -0.15) is 0 Å². The number of nitrogens with one attached hydrogen (secondary N) is 1. The van der Waals surface area contributed by atoms with Crippen LogP contribution in [0.25, 0.3) is 11.1 Å². The lowest BCUT2D eigenvalue weighted by Crippen LogP contribution is -2.33. The highest BCUT2D eigenvalue weighted by atomic mass is 16.5. The van der Waals surface area contributed by atoms with E-state index in [4.69, 9.17) is 9.15 Å². The number of carbonyl (C=O) groups excluding carboxylic acids is 1. The summed E-state index contributed by atoms with van der Waals surface area (Å²) in [5.41, 5.74) is 3.31. The van der Waals surface area contributed by atoms with Gasteiger partial charge in [-0.25, -0.2) is 4.79 Å². The lowest BCUT2D eigenvalue weighted by Gasteiger charge is -2.10. The number of hydrogen-bond donors (Lipinski definition) is 1. The molecule has 0 saturated heterocycles. The smallest absolute Gasteiger partial charge is 0.420 e. The maximum absolute atomic E-state index is 12.1. The third-order valence-corrected chi connectivity index (χ3v) is 3.89. The molecule has 0 unspecified atom stereocenters. The van der Waals surface area contributed by atoms with Gasteiger partial charge in [0.2, 0.25) is 5.91 Å². The number of aryl methyl sites for hydroxylation is 2. The predicted molar refractivity (Wildman–Crippen MR) is 94.9 cm³/mol. The Morgan fingerprint density at radius 3 is 2.80 bits per heavy atom. The number of fused-ring (bicyclic) bond motifs is 1. The van der Waals surface area contributed by atoms with E-state index in [0.29, 0.717) is 24.3 Å². The summed E-state index contributed by atoms with van der Waals surface area (Å²) in [5, 5.41) is 2.75. The van der Waals surface area contributed by atoms with E-state index in [9.17, 15) is 9.59 Å². The quantitative estimate of drug-likeness (QED) is 0.699. The molecular formula is C19H20N2O4. The van der Waals surface area contributed by atoms with Crippen LogP contribution < -0.4 is 15.8 Å². The Morgan fingerprint density at radius 2 is 2.00 bits per heavy atom. The number of oxazole rings is 1. The Morgan fingerprint density at radius 1 is 1.20 bits per heavy atom. The second-order valence-corrected chi connectivity index (χ2v) is 5.89. The summed E-state index contributed by atoms with van der Waals surface area (Å²) in [4.78, 5) is 23.9. The average Bonchev–Trinajstić information content (AvgIpc) is 2.89. The summed E-state index contributed by atoms with van der Waals surface area (Å²) in [6.45, 7) is 4.64. The van der Waals surface area contributed by atoms with Crippen molar-refractivity contribution in [2.45, 2.75) is 20.4 Å². The molecule has 0 saturated carbocycles. The first-order valence-electron chi connectivity index (χ1n) is 8.10. The van der Waals surface area contributed by atoms with Gasteiger partial charge in [-0.15, -0.1) is 0 Å². The first-order chi connectivity index (χ1) is 12.0. The van der Waals surface area contributed by atoms with Crippen LogP contribution in [-0.2, 0) is 11.3 Å². The Labute approximate surface area is 145 Å². The zero-order valence-electron chi connectivity index (χ0n) is 14.2. The van der Waals surface area contributed by atoms with Gasteiger partial charge in [-0.3, -0.25) is 9.36 Å². The topological polar surface area (TPSA) is 73.5 Å². The number of benzene rings is 2. The number of para-hydroxylation sites is 2. The molecular weight excluding hydrogens is 320 g/mol. The van der Waals surface area contributed by atoms with E-state index >= 15 is 0 Å². The van der Waals surface area contributed by atoms with Crippen molar-refractivity contribution in [1.82, 2.24) is 9.88 Å². The van der Waals surface area contributed by atoms with E-state index < -0.39 is 5.76 Å². The van der Waals surface area contributed by atoms with Gasteiger partial charge in [-0.05, 0) is 37.6 Å². The summed E-state index contributed by atoms with van der Waals surface area (Å²) in [7, 11) is 0. The predicted octanol–water partition coefficient (Wildman–Crippen LogP) is 2.41. The molecule has 3 aromatic rings. The van der Waals surface area contributed by atoms with Crippen LogP contribution in [0, 0.1) is 13.8 Å². The molecule has 0 aliphatic rings. The fourth-order valence-corrected chi connectivity index (χ4v) is 2.68. The summed E-state index contributed by atoms with van der Waals surface area (Å²) < 4.78 is 12.1. The fraction of sp³-hybridized carbons (Fsp3) is 0.263. The molecule has 1 heterocycles. The fourth-order valence-electron chi connectivity index (χ4n) is 2.68. The van der Waals surface area contributed by atoms with Crippen LogP contribution in [0.1, 0.15) is 11.1 Å². The number of hydrogen-bond acceptors (Lipinski definition) is 4. The van der Waals surface area contributed by atoms with Gasteiger partial charge in [0.1, 0.15) is 18.9 Å². The summed E-state index contributed by atoms with van der Waals surface area (Å²) in [6.07, 6.45) is 0. The Bertz CT molecular complexity index is 955. The highest BCUT2D eigenvalue weighted by molar-refractivity contribution is 5.79. The normalized spacial score (nSPS) is 10.8. The minimum atomic E-state index is -0.539. The van der Waals surface area contributed by atoms with Crippen molar-refractivity contribution in [2.75, 3.05) is 13.2 Å². The number of ether oxygens (including phenoxy) is 1. The maximum Gasteiger partial charge on any atom is 0.420 e. The van der Waals surface area contributed by atoms with Crippen LogP contribution in [-0.4, -0.2) is 23.6 Å². The molecule has 2 aromatic carbocycles. The molecule has 25 heavy (non-hydrogen) atoms.